The van der Waals surface area contributed by atoms with Gasteiger partial charge in [0.05, 0.1) is 25.3 Å². The zero-order chi connectivity index (χ0) is 39.3. The third kappa shape index (κ3) is 10.00. The van der Waals surface area contributed by atoms with Crippen LogP contribution in [-0.4, -0.2) is 47.9 Å². The van der Waals surface area contributed by atoms with Crippen molar-refractivity contribution < 1.29 is 45.4 Å². The van der Waals surface area contributed by atoms with E-state index in [2.05, 4.69) is 0 Å². The van der Waals surface area contributed by atoms with Crippen LogP contribution in [0.15, 0.2) is 84.9 Å². The number of hydrogen-bond acceptors (Lipinski definition) is 4. The van der Waals surface area contributed by atoms with Crippen LogP contribution in [0.5, 0.6) is 0 Å². The van der Waals surface area contributed by atoms with E-state index in [-0.39, 0.29) is 23.4 Å². The predicted octanol–water partition coefficient (Wildman–Crippen LogP) is 9.87. The number of rotatable bonds is 14. The van der Waals surface area contributed by atoms with Gasteiger partial charge in [0.25, 0.3) is 0 Å². The maximum Gasteiger partial charge on any atom is 0.223 e. The van der Waals surface area contributed by atoms with Crippen LogP contribution in [0.4, 0.5) is 26.3 Å². The average molecular weight is 779 g/mol. The number of carbonyl (C=O) groups is 2. The van der Waals surface area contributed by atoms with Crippen molar-refractivity contribution in [2.75, 3.05) is 26.3 Å². The van der Waals surface area contributed by atoms with Gasteiger partial charge in [-0.3, -0.25) is 9.59 Å². The number of likely N-dealkylation sites (tertiary alicyclic amines) is 2. The minimum atomic E-state index is -0.738. The molecular formula is C44H44F6N2O4. The summed E-state index contributed by atoms with van der Waals surface area (Å²) in [6, 6.07) is 17.2. The molecule has 296 valence electrons. The van der Waals surface area contributed by atoms with Gasteiger partial charge in [0.2, 0.25) is 11.8 Å². The van der Waals surface area contributed by atoms with Gasteiger partial charge in [0.1, 0.15) is 47.1 Å². The van der Waals surface area contributed by atoms with Crippen LogP contribution in [0.2, 0.25) is 0 Å². The van der Waals surface area contributed by atoms with Crippen LogP contribution >= 0.6 is 0 Å². The molecule has 4 fully saturated rings. The number of nitrogens with zero attached hydrogens (tertiary/aromatic N) is 2. The Hall–Kier alpha value is -4.68. The molecule has 0 bridgehead atoms. The largest absolute Gasteiger partial charge is 0.371 e. The first kappa shape index (κ1) is 39.6. The van der Waals surface area contributed by atoms with Crippen LogP contribution in [0.3, 0.4) is 0 Å². The molecule has 6 nitrogen and oxygen atoms in total. The highest BCUT2D eigenvalue weighted by Crippen LogP contribution is 2.43. The molecule has 56 heavy (non-hydrogen) atoms. The molecule has 0 N–H and O–H groups in total. The Morgan fingerprint density at radius 1 is 0.482 bits per heavy atom. The summed E-state index contributed by atoms with van der Waals surface area (Å²) < 4.78 is 95.1. The molecule has 0 spiro atoms. The normalized spacial score (nSPS) is 19.1. The standard InChI is InChI=1S/2C22H22F3NO2/c2*23-17-7-5-15(6-8-17)21(26-9-1-2-20(26)27)22(28-13-14-3-4-14)16-10-18(24)12-19(25)11-16/h2*5-8,10-12,14,21-22H,1-4,9,13H2/t21?,22-;21-,22?/m00/s1. The second-order valence-electron chi connectivity index (χ2n) is 15.2. The second kappa shape index (κ2) is 17.6. The number of amides is 2. The minimum Gasteiger partial charge on any atom is -0.371 e. The van der Waals surface area contributed by atoms with Crippen LogP contribution < -0.4 is 0 Å². The first-order chi connectivity index (χ1) is 27.0. The van der Waals surface area contributed by atoms with E-state index in [0.29, 0.717) is 86.1 Å². The van der Waals surface area contributed by atoms with Crippen molar-refractivity contribution >= 4 is 11.8 Å². The van der Waals surface area contributed by atoms with Gasteiger partial charge < -0.3 is 19.3 Å². The molecule has 0 aromatic heterocycles. The summed E-state index contributed by atoms with van der Waals surface area (Å²) in [5.74, 6) is -2.75. The van der Waals surface area contributed by atoms with Crippen LogP contribution in [0.1, 0.15) is 97.9 Å². The Balaban J connectivity index is 0.000000172. The molecule has 2 saturated heterocycles. The molecule has 0 radical (unpaired) electrons. The summed E-state index contributed by atoms with van der Waals surface area (Å²) in [4.78, 5) is 28.4. The number of benzene rings is 4. The molecular weight excluding hydrogens is 734 g/mol. The summed E-state index contributed by atoms with van der Waals surface area (Å²) in [6.45, 7) is 1.98. The molecule has 4 aliphatic rings. The monoisotopic (exact) mass is 778 g/mol. The van der Waals surface area contributed by atoms with Gasteiger partial charge in [-0.15, -0.1) is 0 Å². The minimum absolute atomic E-state index is 0.0359. The van der Waals surface area contributed by atoms with E-state index in [1.807, 2.05) is 0 Å². The topological polar surface area (TPSA) is 59.1 Å². The summed E-state index contributed by atoms with van der Waals surface area (Å²) in [6.07, 6.45) is 5.04. The number of hydrogen-bond donors (Lipinski definition) is 0. The molecule has 4 aromatic carbocycles. The molecule has 4 atom stereocenters. The fourth-order valence-electron chi connectivity index (χ4n) is 7.55. The van der Waals surface area contributed by atoms with E-state index in [4.69, 9.17) is 9.47 Å². The van der Waals surface area contributed by atoms with Crippen molar-refractivity contribution in [1.82, 2.24) is 9.80 Å². The van der Waals surface area contributed by atoms with Gasteiger partial charge in [0, 0.05) is 38.1 Å². The fraction of sp³-hybridized carbons (Fsp3) is 0.409. The van der Waals surface area contributed by atoms with E-state index in [0.717, 1.165) is 37.8 Å². The zero-order valence-corrected chi connectivity index (χ0v) is 30.8. The first-order valence-electron chi connectivity index (χ1n) is 19.3. The van der Waals surface area contributed by atoms with E-state index in [9.17, 15) is 35.9 Å². The van der Waals surface area contributed by atoms with Gasteiger partial charge in [-0.2, -0.15) is 0 Å². The second-order valence-corrected chi connectivity index (χ2v) is 15.2. The number of carbonyl (C=O) groups excluding carboxylic acids is 2. The lowest BCUT2D eigenvalue weighted by Crippen LogP contribution is -2.35. The fourth-order valence-corrected chi connectivity index (χ4v) is 7.55. The molecule has 2 saturated carbocycles. The van der Waals surface area contributed by atoms with Crippen molar-refractivity contribution in [3.63, 3.8) is 0 Å². The number of ether oxygens (including phenoxy) is 2. The lowest BCUT2D eigenvalue weighted by molar-refractivity contribution is -0.134. The van der Waals surface area contributed by atoms with Crippen molar-refractivity contribution in [3.8, 4) is 0 Å². The van der Waals surface area contributed by atoms with E-state index >= 15 is 0 Å². The smallest absolute Gasteiger partial charge is 0.223 e. The van der Waals surface area contributed by atoms with Crippen molar-refractivity contribution in [3.05, 3.63) is 142 Å². The lowest BCUT2D eigenvalue weighted by atomic mass is 9.94. The first-order valence-corrected chi connectivity index (χ1v) is 19.3. The van der Waals surface area contributed by atoms with Crippen LogP contribution in [0.25, 0.3) is 0 Å². The third-order valence-corrected chi connectivity index (χ3v) is 10.7. The van der Waals surface area contributed by atoms with Gasteiger partial charge >= 0.3 is 0 Å². The van der Waals surface area contributed by atoms with Crippen molar-refractivity contribution in [2.45, 2.75) is 75.7 Å². The summed E-state index contributed by atoms with van der Waals surface area (Å²) in [7, 11) is 0. The summed E-state index contributed by atoms with van der Waals surface area (Å²) >= 11 is 0. The van der Waals surface area contributed by atoms with Crippen LogP contribution in [0, 0.1) is 46.7 Å². The summed E-state index contributed by atoms with van der Waals surface area (Å²) in [5, 5.41) is 0. The van der Waals surface area contributed by atoms with Crippen molar-refractivity contribution in [1.29, 1.82) is 0 Å². The molecule has 8 rings (SSSR count). The predicted molar refractivity (Wildman–Crippen MR) is 196 cm³/mol. The zero-order valence-electron chi connectivity index (χ0n) is 30.8. The Labute approximate surface area is 322 Å². The maximum absolute atomic E-state index is 13.9. The Bertz CT molecular complexity index is 1810. The van der Waals surface area contributed by atoms with Gasteiger partial charge in [-0.1, -0.05) is 24.3 Å². The average Bonchev–Trinajstić information content (AvgIpc) is 4.09. The van der Waals surface area contributed by atoms with Gasteiger partial charge in [-0.05, 0) is 121 Å². The van der Waals surface area contributed by atoms with Crippen LogP contribution in [-0.2, 0) is 19.1 Å². The van der Waals surface area contributed by atoms with Crippen molar-refractivity contribution in [2.24, 2.45) is 11.8 Å². The highest BCUT2D eigenvalue weighted by Gasteiger charge is 2.39. The summed E-state index contributed by atoms with van der Waals surface area (Å²) in [5.41, 5.74) is 2.04. The molecule has 12 heteroatoms. The van der Waals surface area contributed by atoms with E-state index in [1.54, 1.807) is 34.1 Å². The SMILES string of the molecule is O=C1CCCN1C(c1ccc(F)cc1)[C@@H](OCC1CC1)c1cc(F)cc(F)c1.O=C1CCCN1[C@@H](c1ccc(F)cc1)C(OCC1CC1)c1cc(F)cc(F)c1. The molecule has 2 aliphatic carbocycles. The highest BCUT2D eigenvalue weighted by atomic mass is 19.2. The quantitative estimate of drug-likeness (QED) is 0.120. The molecule has 4 aromatic rings. The molecule has 2 amide bonds. The molecule has 2 unspecified atom stereocenters. The van der Waals surface area contributed by atoms with Gasteiger partial charge in [-0.25, -0.2) is 26.3 Å². The van der Waals surface area contributed by atoms with E-state index < -0.39 is 47.6 Å². The molecule has 2 heterocycles. The lowest BCUT2D eigenvalue weighted by Gasteiger charge is -2.35. The third-order valence-electron chi connectivity index (χ3n) is 10.7. The Morgan fingerprint density at radius 2 is 0.821 bits per heavy atom. The molecule has 2 aliphatic heterocycles. The number of halogens is 6. The highest BCUT2D eigenvalue weighted by molar-refractivity contribution is 5.79. The Morgan fingerprint density at radius 3 is 1.11 bits per heavy atom. The maximum atomic E-state index is 13.9. The van der Waals surface area contributed by atoms with E-state index in [1.165, 1.54) is 48.5 Å². The van der Waals surface area contributed by atoms with Gasteiger partial charge in [0.15, 0.2) is 0 Å². The Kier molecular flexibility index (Phi) is 12.5.